The highest BCUT2D eigenvalue weighted by molar-refractivity contribution is 4.89. The van der Waals surface area contributed by atoms with Crippen LogP contribution in [0.1, 0.15) is 84.5 Å². The maximum Gasteiger partial charge on any atom is 0.157 e. The van der Waals surface area contributed by atoms with Crippen LogP contribution in [0.3, 0.4) is 0 Å². The van der Waals surface area contributed by atoms with Gasteiger partial charge in [0.1, 0.15) is 6.17 Å². The number of unbranched alkanes of at least 4 members (excludes halogenated alkanes) is 1. The molecular formula is C20H36F2O. The summed E-state index contributed by atoms with van der Waals surface area (Å²) in [6.45, 7) is 4.59. The van der Waals surface area contributed by atoms with Gasteiger partial charge in [0, 0.05) is 6.61 Å². The average Bonchev–Trinajstić information content (AvgIpc) is 2.57. The lowest BCUT2D eigenvalue weighted by Gasteiger charge is -2.36. The van der Waals surface area contributed by atoms with Crippen LogP contribution in [-0.4, -0.2) is 25.1 Å². The summed E-state index contributed by atoms with van der Waals surface area (Å²) >= 11 is 0. The molecule has 0 aromatic rings. The monoisotopic (exact) mass is 330 g/mol. The van der Waals surface area contributed by atoms with E-state index >= 15 is 0 Å². The van der Waals surface area contributed by atoms with Crippen LogP contribution in [0.15, 0.2) is 0 Å². The third-order valence-electron chi connectivity index (χ3n) is 6.19. The van der Waals surface area contributed by atoms with Crippen LogP contribution in [0.25, 0.3) is 0 Å². The highest BCUT2D eigenvalue weighted by Crippen LogP contribution is 2.38. The van der Waals surface area contributed by atoms with Crippen LogP contribution in [0.5, 0.6) is 0 Å². The Kier molecular flexibility index (Phi) is 8.29. The molecule has 0 saturated heterocycles. The summed E-state index contributed by atoms with van der Waals surface area (Å²) in [6, 6.07) is 0. The van der Waals surface area contributed by atoms with Gasteiger partial charge in [-0.25, -0.2) is 8.78 Å². The Hall–Kier alpha value is -0.180. The Balaban J connectivity index is 1.67. The summed E-state index contributed by atoms with van der Waals surface area (Å²) < 4.78 is 33.8. The van der Waals surface area contributed by atoms with Crippen molar-refractivity contribution in [3.8, 4) is 0 Å². The molecule has 2 aliphatic carbocycles. The minimum Gasteiger partial charge on any atom is -0.375 e. The molecule has 0 aromatic heterocycles. The fourth-order valence-electron chi connectivity index (χ4n) is 4.61. The molecule has 23 heavy (non-hydrogen) atoms. The summed E-state index contributed by atoms with van der Waals surface area (Å²) in [6.07, 6.45) is 9.55. The number of hydrogen-bond donors (Lipinski definition) is 0. The summed E-state index contributed by atoms with van der Waals surface area (Å²) in [4.78, 5) is 0. The van der Waals surface area contributed by atoms with Crippen LogP contribution >= 0.6 is 0 Å². The molecule has 4 atom stereocenters. The van der Waals surface area contributed by atoms with Crippen LogP contribution in [0, 0.1) is 17.8 Å². The Bertz CT molecular complexity index is 315. The van der Waals surface area contributed by atoms with Gasteiger partial charge in [-0.05, 0) is 43.9 Å². The number of alkyl halides is 2. The van der Waals surface area contributed by atoms with Gasteiger partial charge in [0.05, 0.1) is 6.10 Å². The predicted octanol–water partition coefficient (Wildman–Crippen LogP) is 6.25. The summed E-state index contributed by atoms with van der Waals surface area (Å²) in [5.41, 5.74) is 0. The van der Waals surface area contributed by atoms with E-state index in [9.17, 15) is 8.78 Å². The van der Waals surface area contributed by atoms with Gasteiger partial charge in [-0.3, -0.25) is 0 Å². The van der Waals surface area contributed by atoms with Crippen molar-refractivity contribution >= 4 is 0 Å². The maximum absolute atomic E-state index is 14.3. The summed E-state index contributed by atoms with van der Waals surface area (Å²) in [5, 5.41) is 0. The molecule has 0 aromatic carbocycles. The smallest absolute Gasteiger partial charge is 0.157 e. The molecule has 0 bridgehead atoms. The molecule has 2 saturated carbocycles. The van der Waals surface area contributed by atoms with Crippen molar-refractivity contribution in [2.45, 2.75) is 103 Å². The van der Waals surface area contributed by atoms with E-state index in [2.05, 4.69) is 6.92 Å². The molecule has 0 radical (unpaired) electrons. The topological polar surface area (TPSA) is 9.23 Å². The first-order chi connectivity index (χ1) is 11.2. The van der Waals surface area contributed by atoms with Crippen LogP contribution < -0.4 is 0 Å². The summed E-state index contributed by atoms with van der Waals surface area (Å²) in [5.74, 6) is 1.60. The minimum atomic E-state index is -1.42. The van der Waals surface area contributed by atoms with E-state index < -0.39 is 18.4 Å². The molecule has 136 valence electrons. The largest absolute Gasteiger partial charge is 0.375 e. The third kappa shape index (κ3) is 5.69. The first kappa shape index (κ1) is 19.1. The first-order valence-corrected chi connectivity index (χ1v) is 10.0. The molecule has 0 heterocycles. The van der Waals surface area contributed by atoms with Crippen molar-refractivity contribution in [2.24, 2.45) is 17.8 Å². The van der Waals surface area contributed by atoms with Crippen LogP contribution in [0.2, 0.25) is 0 Å². The lowest BCUT2D eigenvalue weighted by atomic mass is 9.75. The van der Waals surface area contributed by atoms with Crippen LogP contribution in [0.4, 0.5) is 8.78 Å². The number of hydrogen-bond acceptors (Lipinski definition) is 1. The van der Waals surface area contributed by atoms with E-state index in [1.54, 1.807) is 0 Å². The molecule has 0 spiro atoms. The fraction of sp³-hybridized carbons (Fsp3) is 1.00. The second-order valence-electron chi connectivity index (χ2n) is 7.83. The van der Waals surface area contributed by atoms with E-state index in [0.29, 0.717) is 13.0 Å². The minimum absolute atomic E-state index is 0.0838. The third-order valence-corrected chi connectivity index (χ3v) is 6.19. The quantitative estimate of drug-likeness (QED) is 0.511. The van der Waals surface area contributed by atoms with E-state index in [-0.39, 0.29) is 5.92 Å². The Morgan fingerprint density at radius 1 is 0.783 bits per heavy atom. The van der Waals surface area contributed by atoms with Crippen molar-refractivity contribution in [2.75, 3.05) is 6.61 Å². The Labute approximate surface area is 141 Å². The molecule has 2 rings (SSSR count). The van der Waals surface area contributed by atoms with Crippen LogP contribution in [-0.2, 0) is 4.74 Å². The Morgan fingerprint density at radius 3 is 2.04 bits per heavy atom. The highest BCUT2D eigenvalue weighted by Gasteiger charge is 2.40. The number of ether oxygens (including phenoxy) is 1. The zero-order valence-corrected chi connectivity index (χ0v) is 15.1. The molecule has 0 N–H and O–H groups in total. The zero-order valence-electron chi connectivity index (χ0n) is 15.1. The highest BCUT2D eigenvalue weighted by atomic mass is 19.2. The van der Waals surface area contributed by atoms with Crippen molar-refractivity contribution in [3.63, 3.8) is 0 Å². The second kappa shape index (κ2) is 9.96. The lowest BCUT2D eigenvalue weighted by Crippen LogP contribution is -2.42. The van der Waals surface area contributed by atoms with E-state index in [1.165, 1.54) is 44.9 Å². The van der Waals surface area contributed by atoms with Gasteiger partial charge < -0.3 is 4.74 Å². The number of rotatable bonds is 8. The van der Waals surface area contributed by atoms with E-state index in [1.807, 2.05) is 6.92 Å². The van der Waals surface area contributed by atoms with Gasteiger partial charge in [0.15, 0.2) is 6.17 Å². The van der Waals surface area contributed by atoms with Gasteiger partial charge in [0.25, 0.3) is 0 Å². The molecule has 2 fully saturated rings. The average molecular weight is 331 g/mol. The van der Waals surface area contributed by atoms with Gasteiger partial charge in [0.2, 0.25) is 0 Å². The zero-order chi connectivity index (χ0) is 16.7. The second-order valence-corrected chi connectivity index (χ2v) is 7.83. The van der Waals surface area contributed by atoms with E-state index in [0.717, 1.165) is 31.1 Å². The predicted molar refractivity (Wildman–Crippen MR) is 92.1 cm³/mol. The van der Waals surface area contributed by atoms with Crippen molar-refractivity contribution < 1.29 is 13.5 Å². The van der Waals surface area contributed by atoms with Gasteiger partial charge in [-0.2, -0.15) is 0 Å². The first-order valence-electron chi connectivity index (χ1n) is 10.0. The SMILES string of the molecule is CCCCC1CCC(CCC2CCC(OCC)C(F)C2F)CC1. The molecule has 0 amide bonds. The van der Waals surface area contributed by atoms with Gasteiger partial charge in [-0.1, -0.05) is 58.3 Å². The van der Waals surface area contributed by atoms with Crippen molar-refractivity contribution in [1.82, 2.24) is 0 Å². The maximum atomic E-state index is 14.3. The van der Waals surface area contributed by atoms with Gasteiger partial charge >= 0.3 is 0 Å². The molecule has 0 aliphatic heterocycles. The lowest BCUT2D eigenvalue weighted by molar-refractivity contribution is -0.0727. The molecule has 3 heteroatoms. The standard InChI is InChI=1S/C20H36F2O/c1-3-5-6-15-7-9-16(10-8-15)11-12-17-13-14-18(23-4-2)20(22)19(17)21/h15-20H,3-14H2,1-2H3. The van der Waals surface area contributed by atoms with Crippen molar-refractivity contribution in [3.05, 3.63) is 0 Å². The van der Waals surface area contributed by atoms with Gasteiger partial charge in [-0.15, -0.1) is 0 Å². The fourth-order valence-corrected chi connectivity index (χ4v) is 4.61. The molecule has 2 aliphatic rings. The van der Waals surface area contributed by atoms with E-state index in [4.69, 9.17) is 4.74 Å². The molecule has 4 unspecified atom stereocenters. The van der Waals surface area contributed by atoms with Crippen molar-refractivity contribution in [1.29, 1.82) is 0 Å². The molecule has 1 nitrogen and oxygen atoms in total. The Morgan fingerprint density at radius 2 is 1.43 bits per heavy atom. The number of halogens is 2. The summed E-state index contributed by atoms with van der Waals surface area (Å²) in [7, 11) is 0. The molecular weight excluding hydrogens is 294 g/mol. The normalized spacial score (nSPS) is 38.6.